The summed E-state index contributed by atoms with van der Waals surface area (Å²) in [7, 11) is 0. The molecule has 0 radical (unpaired) electrons. The summed E-state index contributed by atoms with van der Waals surface area (Å²) in [6.07, 6.45) is 0. The standard InChI is InChI=1S/C11H15NO2/c1-9-2-4-10(5-3-9)11(13)8-14-7-6-12/h2-5H,6-8,12H2,1H3. The summed E-state index contributed by atoms with van der Waals surface area (Å²) >= 11 is 0. The Labute approximate surface area is 83.9 Å². The quantitative estimate of drug-likeness (QED) is 0.564. The molecule has 0 spiro atoms. The first-order valence-electron chi connectivity index (χ1n) is 4.61. The number of hydrogen-bond donors (Lipinski definition) is 1. The van der Waals surface area contributed by atoms with Gasteiger partial charge in [0, 0.05) is 12.1 Å². The summed E-state index contributed by atoms with van der Waals surface area (Å²) in [5.41, 5.74) is 7.07. The fraction of sp³-hybridized carbons (Fsp3) is 0.364. The molecule has 0 heterocycles. The fourth-order valence-electron chi connectivity index (χ4n) is 1.07. The van der Waals surface area contributed by atoms with Gasteiger partial charge in [-0.2, -0.15) is 0 Å². The monoisotopic (exact) mass is 193 g/mol. The molecule has 1 rings (SSSR count). The van der Waals surface area contributed by atoms with E-state index in [-0.39, 0.29) is 12.4 Å². The second-order valence-electron chi connectivity index (χ2n) is 3.13. The molecule has 0 atom stereocenters. The number of hydrogen-bond acceptors (Lipinski definition) is 3. The first kappa shape index (κ1) is 10.9. The summed E-state index contributed by atoms with van der Waals surface area (Å²) in [5, 5.41) is 0. The maximum Gasteiger partial charge on any atom is 0.188 e. The van der Waals surface area contributed by atoms with Crippen molar-refractivity contribution in [1.82, 2.24) is 0 Å². The molecule has 0 aliphatic rings. The molecule has 1 aromatic rings. The van der Waals surface area contributed by atoms with Crippen LogP contribution in [0.25, 0.3) is 0 Å². The molecule has 0 aliphatic heterocycles. The SMILES string of the molecule is Cc1ccc(C(=O)COCCN)cc1. The van der Waals surface area contributed by atoms with E-state index in [1.165, 1.54) is 0 Å². The molecular formula is C11H15NO2. The van der Waals surface area contributed by atoms with Crippen LogP contribution in [0.1, 0.15) is 15.9 Å². The number of nitrogens with two attached hydrogens (primary N) is 1. The molecule has 0 fully saturated rings. The molecule has 0 saturated carbocycles. The lowest BCUT2D eigenvalue weighted by Gasteiger charge is -2.02. The van der Waals surface area contributed by atoms with E-state index in [0.29, 0.717) is 18.7 Å². The lowest BCUT2D eigenvalue weighted by atomic mass is 10.1. The second-order valence-corrected chi connectivity index (χ2v) is 3.13. The fourth-order valence-corrected chi connectivity index (χ4v) is 1.07. The number of carbonyl (C=O) groups is 1. The minimum atomic E-state index is -0.00144. The molecule has 14 heavy (non-hydrogen) atoms. The van der Waals surface area contributed by atoms with Crippen molar-refractivity contribution in [3.8, 4) is 0 Å². The molecule has 2 N–H and O–H groups in total. The van der Waals surface area contributed by atoms with Gasteiger partial charge in [-0.3, -0.25) is 4.79 Å². The van der Waals surface area contributed by atoms with E-state index in [2.05, 4.69) is 0 Å². The zero-order valence-corrected chi connectivity index (χ0v) is 8.32. The first-order chi connectivity index (χ1) is 6.74. The zero-order chi connectivity index (χ0) is 10.4. The number of aryl methyl sites for hydroxylation is 1. The van der Waals surface area contributed by atoms with E-state index in [0.717, 1.165) is 5.56 Å². The Morgan fingerprint density at radius 2 is 2.00 bits per heavy atom. The highest BCUT2D eigenvalue weighted by Crippen LogP contribution is 2.03. The number of benzene rings is 1. The van der Waals surface area contributed by atoms with Gasteiger partial charge in [-0.25, -0.2) is 0 Å². The van der Waals surface area contributed by atoms with Crippen LogP contribution in [0, 0.1) is 6.92 Å². The van der Waals surface area contributed by atoms with E-state index >= 15 is 0 Å². The van der Waals surface area contributed by atoms with Gasteiger partial charge in [0.2, 0.25) is 0 Å². The average molecular weight is 193 g/mol. The molecule has 3 heteroatoms. The molecule has 0 unspecified atom stereocenters. The van der Waals surface area contributed by atoms with Crippen LogP contribution < -0.4 is 5.73 Å². The van der Waals surface area contributed by atoms with E-state index in [1.54, 1.807) is 0 Å². The number of ether oxygens (including phenoxy) is 1. The highest BCUT2D eigenvalue weighted by molar-refractivity contribution is 5.97. The third-order valence-electron chi connectivity index (χ3n) is 1.87. The lowest BCUT2D eigenvalue weighted by molar-refractivity contribution is 0.0774. The van der Waals surface area contributed by atoms with Crippen molar-refractivity contribution in [3.05, 3.63) is 35.4 Å². The molecule has 76 valence electrons. The Kier molecular flexibility index (Phi) is 4.29. The number of carbonyl (C=O) groups excluding carboxylic acids is 1. The van der Waals surface area contributed by atoms with Crippen LogP contribution in [0.2, 0.25) is 0 Å². The topological polar surface area (TPSA) is 52.3 Å². The number of rotatable bonds is 5. The van der Waals surface area contributed by atoms with E-state index < -0.39 is 0 Å². The highest BCUT2D eigenvalue weighted by Gasteiger charge is 2.04. The highest BCUT2D eigenvalue weighted by atomic mass is 16.5. The van der Waals surface area contributed by atoms with Crippen LogP contribution in [-0.2, 0) is 4.74 Å². The van der Waals surface area contributed by atoms with Crippen LogP contribution in [-0.4, -0.2) is 25.5 Å². The number of Topliss-reactive ketones (excluding diaryl/α,β-unsaturated/α-hetero) is 1. The Bertz CT molecular complexity index is 293. The van der Waals surface area contributed by atoms with E-state index in [9.17, 15) is 4.79 Å². The van der Waals surface area contributed by atoms with Gasteiger partial charge in [0.15, 0.2) is 5.78 Å². The van der Waals surface area contributed by atoms with E-state index in [1.807, 2.05) is 31.2 Å². The van der Waals surface area contributed by atoms with Crippen LogP contribution >= 0.6 is 0 Å². The van der Waals surface area contributed by atoms with Gasteiger partial charge in [0.1, 0.15) is 6.61 Å². The summed E-state index contributed by atoms with van der Waals surface area (Å²) in [6, 6.07) is 7.44. The zero-order valence-electron chi connectivity index (χ0n) is 8.32. The molecule has 0 bridgehead atoms. The van der Waals surface area contributed by atoms with Crippen LogP contribution in [0.5, 0.6) is 0 Å². The smallest absolute Gasteiger partial charge is 0.188 e. The minimum Gasteiger partial charge on any atom is -0.372 e. The normalized spacial score (nSPS) is 10.1. The lowest BCUT2D eigenvalue weighted by Crippen LogP contribution is -2.14. The van der Waals surface area contributed by atoms with Gasteiger partial charge in [-0.15, -0.1) is 0 Å². The minimum absolute atomic E-state index is 0.00144. The van der Waals surface area contributed by atoms with Crippen molar-refractivity contribution in [1.29, 1.82) is 0 Å². The Morgan fingerprint density at radius 1 is 1.36 bits per heavy atom. The third kappa shape index (κ3) is 3.28. The van der Waals surface area contributed by atoms with Gasteiger partial charge in [0.25, 0.3) is 0 Å². The summed E-state index contributed by atoms with van der Waals surface area (Å²) in [6.45, 7) is 2.97. The first-order valence-corrected chi connectivity index (χ1v) is 4.61. The maximum absolute atomic E-state index is 11.5. The molecule has 0 aromatic heterocycles. The van der Waals surface area contributed by atoms with Crippen LogP contribution in [0.3, 0.4) is 0 Å². The van der Waals surface area contributed by atoms with Gasteiger partial charge in [-0.05, 0) is 6.92 Å². The molecular weight excluding hydrogens is 178 g/mol. The maximum atomic E-state index is 11.5. The predicted molar refractivity (Wildman–Crippen MR) is 55.4 cm³/mol. The predicted octanol–water partition coefficient (Wildman–Crippen LogP) is 1.15. The van der Waals surface area contributed by atoms with Crippen molar-refractivity contribution in [2.75, 3.05) is 19.8 Å². The summed E-state index contributed by atoms with van der Waals surface area (Å²) in [5.74, 6) is -0.00144. The van der Waals surface area contributed by atoms with Crippen molar-refractivity contribution in [3.63, 3.8) is 0 Å². The summed E-state index contributed by atoms with van der Waals surface area (Å²) in [4.78, 5) is 11.5. The molecule has 0 saturated heterocycles. The van der Waals surface area contributed by atoms with Crippen molar-refractivity contribution in [2.45, 2.75) is 6.92 Å². The Morgan fingerprint density at radius 3 is 2.57 bits per heavy atom. The van der Waals surface area contributed by atoms with Crippen molar-refractivity contribution >= 4 is 5.78 Å². The summed E-state index contributed by atoms with van der Waals surface area (Å²) < 4.78 is 5.05. The Hall–Kier alpha value is -1.19. The average Bonchev–Trinajstić information content (AvgIpc) is 2.19. The van der Waals surface area contributed by atoms with Gasteiger partial charge >= 0.3 is 0 Å². The number of ketones is 1. The Balaban J connectivity index is 2.48. The van der Waals surface area contributed by atoms with Crippen LogP contribution in [0.15, 0.2) is 24.3 Å². The molecule has 0 amide bonds. The third-order valence-corrected chi connectivity index (χ3v) is 1.87. The second kappa shape index (κ2) is 5.52. The van der Waals surface area contributed by atoms with Gasteiger partial charge in [-0.1, -0.05) is 29.8 Å². The molecule has 1 aromatic carbocycles. The van der Waals surface area contributed by atoms with Crippen molar-refractivity contribution in [2.24, 2.45) is 5.73 Å². The van der Waals surface area contributed by atoms with Gasteiger partial charge < -0.3 is 10.5 Å². The molecule has 0 aliphatic carbocycles. The largest absolute Gasteiger partial charge is 0.372 e. The van der Waals surface area contributed by atoms with Crippen molar-refractivity contribution < 1.29 is 9.53 Å². The van der Waals surface area contributed by atoms with Crippen LogP contribution in [0.4, 0.5) is 0 Å². The molecule has 3 nitrogen and oxygen atoms in total. The van der Waals surface area contributed by atoms with E-state index in [4.69, 9.17) is 10.5 Å². The van der Waals surface area contributed by atoms with Gasteiger partial charge in [0.05, 0.1) is 6.61 Å².